The largest absolute Gasteiger partial charge is 0.396 e. The molecule has 3 unspecified atom stereocenters. The van der Waals surface area contributed by atoms with Gasteiger partial charge in [-0.15, -0.1) is 0 Å². The maximum absolute atomic E-state index is 9.02. The summed E-state index contributed by atoms with van der Waals surface area (Å²) in [6.45, 7) is 5.45. The van der Waals surface area contributed by atoms with Crippen LogP contribution in [-0.2, 0) is 14.2 Å². The Morgan fingerprint density at radius 2 is 1.72 bits per heavy atom. The third kappa shape index (κ3) is 9.79. The average Bonchev–Trinajstić information content (AvgIpc) is 3.21. The summed E-state index contributed by atoms with van der Waals surface area (Å²) < 4.78 is 15.1. The summed E-state index contributed by atoms with van der Waals surface area (Å²) in [4.78, 5) is 0. The molecule has 5 heteroatoms. The molecule has 2 aliphatic heterocycles. The number of rotatable bonds is 9. The van der Waals surface area contributed by atoms with Crippen LogP contribution >= 0.6 is 0 Å². The molecule has 0 aromatic heterocycles. The van der Waals surface area contributed by atoms with Gasteiger partial charge in [0.2, 0.25) is 0 Å². The van der Waals surface area contributed by atoms with Crippen LogP contribution in [0.5, 0.6) is 0 Å². The first-order valence-corrected chi connectivity index (χ1v) is 6.86. The van der Waals surface area contributed by atoms with Gasteiger partial charge in [0.1, 0.15) is 12.2 Å². The highest BCUT2D eigenvalue weighted by atomic mass is 16.6. The van der Waals surface area contributed by atoms with Gasteiger partial charge >= 0.3 is 0 Å². The topological polar surface area (TPSA) is 74.8 Å². The molecule has 0 saturated carbocycles. The quantitative estimate of drug-likeness (QED) is 0.599. The molecule has 18 heavy (non-hydrogen) atoms. The van der Waals surface area contributed by atoms with E-state index < -0.39 is 0 Å². The smallest absolute Gasteiger partial charge is 0.104 e. The van der Waals surface area contributed by atoms with Crippen LogP contribution in [0.2, 0.25) is 0 Å². The maximum Gasteiger partial charge on any atom is 0.104 e. The lowest BCUT2D eigenvalue weighted by atomic mass is 10.1. The Hall–Kier alpha value is -0.200. The van der Waals surface area contributed by atoms with Crippen molar-refractivity contribution < 1.29 is 24.4 Å². The number of ether oxygens (including phenoxy) is 3. The number of hydrogen-bond donors (Lipinski definition) is 2. The second-order valence-corrected chi connectivity index (χ2v) is 4.76. The van der Waals surface area contributed by atoms with E-state index in [-0.39, 0.29) is 12.7 Å². The van der Waals surface area contributed by atoms with Gasteiger partial charge < -0.3 is 24.4 Å². The molecule has 108 valence electrons. The lowest BCUT2D eigenvalue weighted by molar-refractivity contribution is 0.102. The van der Waals surface area contributed by atoms with Gasteiger partial charge in [-0.1, -0.05) is 19.8 Å². The summed E-state index contributed by atoms with van der Waals surface area (Å²) in [7, 11) is 0. The van der Waals surface area contributed by atoms with Gasteiger partial charge in [-0.3, -0.25) is 0 Å². The molecule has 2 saturated heterocycles. The van der Waals surface area contributed by atoms with E-state index in [2.05, 4.69) is 6.92 Å². The number of aliphatic hydroxyl groups excluding tert-OH is 2. The van der Waals surface area contributed by atoms with Gasteiger partial charge in [0, 0.05) is 6.61 Å². The van der Waals surface area contributed by atoms with Gasteiger partial charge in [-0.2, -0.15) is 0 Å². The van der Waals surface area contributed by atoms with Crippen LogP contribution in [0.25, 0.3) is 0 Å². The fourth-order valence-corrected chi connectivity index (χ4v) is 1.39. The Bertz CT molecular complexity index is 180. The maximum atomic E-state index is 9.02. The van der Waals surface area contributed by atoms with Gasteiger partial charge in [0.05, 0.1) is 32.5 Å². The Morgan fingerprint density at radius 3 is 2.11 bits per heavy atom. The minimum atomic E-state index is -0.282. The minimum absolute atomic E-state index is 0.102. The molecule has 2 heterocycles. The van der Waals surface area contributed by atoms with Gasteiger partial charge in [0.15, 0.2) is 0 Å². The predicted octanol–water partition coefficient (Wildman–Crippen LogP) is 0.720. The second-order valence-electron chi connectivity index (χ2n) is 4.76. The molecule has 0 bridgehead atoms. The van der Waals surface area contributed by atoms with Crippen LogP contribution in [0.4, 0.5) is 0 Å². The van der Waals surface area contributed by atoms with Crippen molar-refractivity contribution >= 4 is 0 Å². The summed E-state index contributed by atoms with van der Waals surface area (Å²) in [5.41, 5.74) is 0. The van der Waals surface area contributed by atoms with Crippen LogP contribution in [0.3, 0.4) is 0 Å². The fraction of sp³-hybridized carbons (Fsp3) is 1.00. The highest BCUT2D eigenvalue weighted by Gasteiger charge is 2.26. The summed E-state index contributed by atoms with van der Waals surface area (Å²) >= 11 is 0. The van der Waals surface area contributed by atoms with E-state index in [1.807, 2.05) is 0 Å². The van der Waals surface area contributed by atoms with Crippen molar-refractivity contribution in [2.45, 2.75) is 50.9 Å². The molecule has 2 N–H and O–H groups in total. The molecule has 0 aromatic carbocycles. The summed E-state index contributed by atoms with van der Waals surface area (Å²) in [6, 6.07) is 0. The van der Waals surface area contributed by atoms with E-state index in [0.717, 1.165) is 45.7 Å². The first-order chi connectivity index (χ1) is 8.76. The predicted molar refractivity (Wildman–Crippen MR) is 67.5 cm³/mol. The van der Waals surface area contributed by atoms with Crippen molar-refractivity contribution in [3.05, 3.63) is 0 Å². The van der Waals surface area contributed by atoms with Gasteiger partial charge in [-0.25, -0.2) is 0 Å². The van der Waals surface area contributed by atoms with E-state index >= 15 is 0 Å². The number of unbranched alkanes of at least 4 members (excludes halogenated alkanes) is 1. The third-order valence-corrected chi connectivity index (χ3v) is 2.77. The molecule has 0 radical (unpaired) electrons. The second kappa shape index (κ2) is 9.69. The Kier molecular flexibility index (Phi) is 8.54. The van der Waals surface area contributed by atoms with Crippen LogP contribution in [0.15, 0.2) is 0 Å². The highest BCUT2D eigenvalue weighted by molar-refractivity contribution is 4.71. The molecule has 0 amide bonds. The lowest BCUT2D eigenvalue weighted by Gasteiger charge is -2.05. The van der Waals surface area contributed by atoms with Crippen molar-refractivity contribution in [1.82, 2.24) is 0 Å². The summed E-state index contributed by atoms with van der Waals surface area (Å²) in [6.07, 6.45) is 4.03. The van der Waals surface area contributed by atoms with E-state index in [0.29, 0.717) is 18.6 Å². The highest BCUT2D eigenvalue weighted by Crippen LogP contribution is 2.12. The molecule has 0 aliphatic carbocycles. The van der Waals surface area contributed by atoms with Crippen LogP contribution < -0.4 is 0 Å². The van der Waals surface area contributed by atoms with Gasteiger partial charge in [0.25, 0.3) is 0 Å². The fourth-order valence-electron chi connectivity index (χ4n) is 1.39. The van der Waals surface area contributed by atoms with Gasteiger partial charge in [-0.05, 0) is 12.8 Å². The number of epoxide rings is 2. The van der Waals surface area contributed by atoms with Crippen molar-refractivity contribution in [1.29, 1.82) is 0 Å². The zero-order chi connectivity index (χ0) is 13.2. The van der Waals surface area contributed by atoms with Crippen LogP contribution in [-0.4, -0.2) is 61.6 Å². The summed E-state index contributed by atoms with van der Waals surface area (Å²) in [5.74, 6) is 0. The number of hydrogen-bond acceptors (Lipinski definition) is 5. The first-order valence-electron chi connectivity index (χ1n) is 6.86. The van der Waals surface area contributed by atoms with Crippen molar-refractivity contribution in [3.8, 4) is 0 Å². The van der Waals surface area contributed by atoms with Crippen LogP contribution in [0, 0.1) is 0 Å². The van der Waals surface area contributed by atoms with E-state index in [9.17, 15) is 0 Å². The molecular weight excluding hydrogens is 236 g/mol. The summed E-state index contributed by atoms with van der Waals surface area (Å²) in [5, 5.41) is 17.4. The van der Waals surface area contributed by atoms with Crippen molar-refractivity contribution in [2.75, 3.05) is 33.0 Å². The van der Waals surface area contributed by atoms with Crippen LogP contribution in [0.1, 0.15) is 32.6 Å². The number of aliphatic hydroxyl groups is 2. The lowest BCUT2D eigenvalue weighted by Crippen LogP contribution is -2.07. The Balaban J connectivity index is 0.000000180. The molecule has 0 spiro atoms. The standard InChI is InChI=1S/C7H16O2.C6H10O3/c1-2-3-4-7(9)5-6-8;1(5-3-8-5)7-2-6-4-9-6/h7-9H,2-6H2,1H3;5-6H,1-4H2. The Morgan fingerprint density at radius 1 is 1.17 bits per heavy atom. The normalized spacial score (nSPS) is 26.2. The third-order valence-electron chi connectivity index (χ3n) is 2.77. The molecule has 2 aliphatic rings. The van der Waals surface area contributed by atoms with E-state index in [4.69, 9.17) is 24.4 Å². The van der Waals surface area contributed by atoms with E-state index in [1.54, 1.807) is 0 Å². The minimum Gasteiger partial charge on any atom is -0.396 e. The molecular formula is C13H26O5. The zero-order valence-electron chi connectivity index (χ0n) is 11.2. The van der Waals surface area contributed by atoms with Crippen molar-refractivity contribution in [2.24, 2.45) is 0 Å². The first kappa shape index (κ1) is 15.9. The average molecular weight is 262 g/mol. The monoisotopic (exact) mass is 262 g/mol. The van der Waals surface area contributed by atoms with E-state index in [1.165, 1.54) is 0 Å². The SMILES string of the molecule is C(OCC1CO1)C1CO1.CCCCC(O)CCO. The molecule has 2 rings (SSSR count). The molecule has 2 fully saturated rings. The zero-order valence-corrected chi connectivity index (χ0v) is 11.2. The molecule has 3 atom stereocenters. The van der Waals surface area contributed by atoms with Crippen molar-refractivity contribution in [3.63, 3.8) is 0 Å². The molecule has 5 nitrogen and oxygen atoms in total. The Labute approximate surface area is 109 Å². The molecule has 0 aromatic rings.